The van der Waals surface area contributed by atoms with Crippen LogP contribution < -0.4 is 20.1 Å². The maximum atomic E-state index is 14.5. The van der Waals surface area contributed by atoms with Crippen LogP contribution in [0.15, 0.2) is 21.0 Å². The standard InChI is InChI=1S/C28H36F6N4O7.C18H20F6N4O3/c1-23(2,3)44-21(39)38(22(40)45-24(4,5)6)16-13-15(27(29,30)31)18-35-17(16)19-36-37-20(43-19)26(41,28(32,33)34)12-10-9-11-25(7,8)14-42-18;1-15(2)5-3-4-6-16(29,18(22,23)24)14-28-27-13(31-14)11-10(25)7-9(17(19,20)21)12(26-11)30-8-15/h13,41H,9-12,14H2,1-8H3;7,29H,3-6,8,25H2,1-2H3/t26-;16-/m11/s1. The van der Waals surface area contributed by atoms with Crippen molar-refractivity contribution in [1.82, 2.24) is 30.4 Å². The molecule has 424 valence electrons. The number of anilines is 2. The Morgan fingerprint density at radius 3 is 1.30 bits per heavy atom. The Morgan fingerprint density at radius 1 is 0.579 bits per heavy atom. The van der Waals surface area contributed by atoms with Gasteiger partial charge in [-0.2, -0.15) is 57.6 Å². The number of carbonyl (C=O) groups is 2. The minimum absolute atomic E-state index is 0.0589. The number of imide groups is 1. The zero-order chi connectivity index (χ0) is 57.6. The van der Waals surface area contributed by atoms with E-state index in [1.165, 1.54) is 41.5 Å². The van der Waals surface area contributed by atoms with Crippen molar-refractivity contribution in [2.45, 2.75) is 168 Å². The summed E-state index contributed by atoms with van der Waals surface area (Å²) in [6.07, 6.45) is -24.4. The van der Waals surface area contributed by atoms with Crippen LogP contribution in [0.5, 0.6) is 11.8 Å². The number of aliphatic hydroxyl groups is 2. The van der Waals surface area contributed by atoms with Gasteiger partial charge in [0.1, 0.15) is 22.3 Å². The predicted octanol–water partition coefficient (Wildman–Crippen LogP) is 12.0. The van der Waals surface area contributed by atoms with Crippen molar-refractivity contribution in [2.24, 2.45) is 10.8 Å². The number of aromatic nitrogens is 6. The van der Waals surface area contributed by atoms with Crippen LogP contribution in [0.1, 0.15) is 144 Å². The third-order valence-electron chi connectivity index (χ3n) is 11.4. The lowest BCUT2D eigenvalue weighted by molar-refractivity contribution is -0.277. The third kappa shape index (κ3) is 14.2. The summed E-state index contributed by atoms with van der Waals surface area (Å²) in [6.45, 7) is 14.6. The van der Waals surface area contributed by atoms with E-state index in [0.717, 1.165) is 0 Å². The molecule has 2 aliphatic heterocycles. The molecule has 0 spiro atoms. The molecule has 4 aromatic rings. The molecule has 0 unspecified atom stereocenters. The molecule has 18 nitrogen and oxygen atoms in total. The SMILES string of the molecule is CC1(C)CCCC[C@](O)(C(F)(F)F)c2nnc(o2)-c2nc(c(C(F)(F)F)cc2N(C(=O)OC(C)(C)C)C(=O)OC(C)(C)C)OC1.CC1(C)CCCC[C@](O)(C(F)(F)F)c2nnc(o2)-c2nc(c(C(F)(F)F)cc2N)OC1. The Labute approximate surface area is 426 Å². The van der Waals surface area contributed by atoms with Gasteiger partial charge in [0, 0.05) is 0 Å². The molecule has 0 fully saturated rings. The Kier molecular flexibility index (Phi) is 16.7. The largest absolute Gasteiger partial charge is 0.477 e. The van der Waals surface area contributed by atoms with Crippen molar-refractivity contribution in [1.29, 1.82) is 0 Å². The van der Waals surface area contributed by atoms with E-state index in [1.54, 1.807) is 27.7 Å². The average Bonchev–Trinajstić information content (AvgIpc) is 3.94. The maximum absolute atomic E-state index is 14.5. The number of hydrogen-bond donors (Lipinski definition) is 3. The van der Waals surface area contributed by atoms with E-state index in [4.69, 9.17) is 33.5 Å². The maximum Gasteiger partial charge on any atom is 0.426 e. The summed E-state index contributed by atoms with van der Waals surface area (Å²) in [5.41, 5.74) is -11.2. The molecule has 2 amide bonds. The Bertz CT molecular complexity index is 2700. The molecule has 0 radical (unpaired) electrons. The number of hydrogen-bond acceptors (Lipinski definition) is 17. The minimum Gasteiger partial charge on any atom is -0.477 e. The second-order valence-corrected chi connectivity index (χ2v) is 21.6. The van der Waals surface area contributed by atoms with Crippen molar-refractivity contribution in [3.05, 3.63) is 35.0 Å². The van der Waals surface area contributed by atoms with E-state index >= 15 is 0 Å². The summed E-state index contributed by atoms with van der Waals surface area (Å²) in [4.78, 5) is 34.4. The van der Waals surface area contributed by atoms with Crippen molar-refractivity contribution >= 4 is 23.6 Å². The van der Waals surface area contributed by atoms with Crippen molar-refractivity contribution in [3.8, 4) is 34.9 Å². The second kappa shape index (κ2) is 21.0. The minimum atomic E-state index is -5.30. The molecular formula is C46H56F12N8O10. The fourth-order valence-electron chi connectivity index (χ4n) is 7.36. The normalized spacial score (nSPS) is 20.8. The first-order valence-electron chi connectivity index (χ1n) is 23.2. The van der Waals surface area contributed by atoms with Crippen LogP contribution in [0.2, 0.25) is 0 Å². The first kappa shape index (κ1) is 60.7. The monoisotopic (exact) mass is 1110 g/mol. The van der Waals surface area contributed by atoms with Crippen molar-refractivity contribution in [2.75, 3.05) is 23.8 Å². The first-order valence-corrected chi connectivity index (χ1v) is 23.2. The van der Waals surface area contributed by atoms with Gasteiger partial charge in [0.2, 0.25) is 23.0 Å². The molecule has 4 aromatic heterocycles. The van der Waals surface area contributed by atoms with E-state index in [-0.39, 0.29) is 50.2 Å². The summed E-state index contributed by atoms with van der Waals surface area (Å²) in [5, 5.41) is 34.7. The molecule has 0 saturated heterocycles. The number of carbonyl (C=O) groups excluding carboxylic acids is 2. The van der Waals surface area contributed by atoms with E-state index in [2.05, 4.69) is 30.4 Å². The summed E-state index contributed by atoms with van der Waals surface area (Å²) in [6, 6.07) is 0.862. The summed E-state index contributed by atoms with van der Waals surface area (Å²) < 4.78 is 199. The molecule has 0 saturated carbocycles. The topological polar surface area (TPSA) is 244 Å². The summed E-state index contributed by atoms with van der Waals surface area (Å²) >= 11 is 0. The molecule has 0 aliphatic carbocycles. The van der Waals surface area contributed by atoms with Gasteiger partial charge in [-0.25, -0.2) is 19.6 Å². The number of nitrogens with two attached hydrogens (primary N) is 1. The number of nitrogens with zero attached hydrogens (tertiary/aromatic N) is 7. The van der Waals surface area contributed by atoms with Gasteiger partial charge in [-0.3, -0.25) is 0 Å². The van der Waals surface area contributed by atoms with Gasteiger partial charge < -0.3 is 43.7 Å². The fourth-order valence-corrected chi connectivity index (χ4v) is 7.36. The van der Waals surface area contributed by atoms with Gasteiger partial charge in [0.15, 0.2) is 11.4 Å². The molecule has 76 heavy (non-hydrogen) atoms. The van der Waals surface area contributed by atoms with Gasteiger partial charge in [-0.1, -0.05) is 40.5 Å². The van der Waals surface area contributed by atoms with Gasteiger partial charge >= 0.3 is 36.9 Å². The van der Waals surface area contributed by atoms with E-state index < -0.39 is 152 Å². The van der Waals surface area contributed by atoms with Crippen LogP contribution in [0.3, 0.4) is 0 Å². The highest BCUT2D eigenvalue weighted by atomic mass is 19.4. The second-order valence-electron chi connectivity index (χ2n) is 21.6. The van der Waals surface area contributed by atoms with Crippen LogP contribution in [0.25, 0.3) is 23.2 Å². The molecule has 8 bridgehead atoms. The summed E-state index contributed by atoms with van der Waals surface area (Å²) in [7, 11) is 0. The zero-order valence-corrected chi connectivity index (χ0v) is 42.6. The molecule has 0 aromatic carbocycles. The van der Waals surface area contributed by atoms with Crippen molar-refractivity contribution in [3.63, 3.8) is 0 Å². The van der Waals surface area contributed by atoms with E-state index in [0.29, 0.717) is 18.6 Å². The van der Waals surface area contributed by atoms with Crippen LogP contribution >= 0.6 is 0 Å². The molecule has 2 atom stereocenters. The number of alkyl halides is 12. The number of fused-ring (bicyclic) bond motifs is 10. The zero-order valence-electron chi connectivity index (χ0n) is 42.6. The Balaban J connectivity index is 0.000000300. The predicted molar refractivity (Wildman–Crippen MR) is 240 cm³/mol. The van der Waals surface area contributed by atoms with Gasteiger partial charge in [0.05, 0.1) is 24.6 Å². The summed E-state index contributed by atoms with van der Waals surface area (Å²) in [5.74, 6) is -5.95. The number of nitrogen functional groups attached to an aromatic ring is 1. The molecule has 4 N–H and O–H groups in total. The fraction of sp³-hybridized carbons (Fsp3) is 0.652. The van der Waals surface area contributed by atoms with Crippen molar-refractivity contribution < 1.29 is 100 Å². The van der Waals surface area contributed by atoms with Crippen LogP contribution in [0, 0.1) is 10.8 Å². The van der Waals surface area contributed by atoms with Gasteiger partial charge in [-0.05, 0) is 103 Å². The van der Waals surface area contributed by atoms with Gasteiger partial charge in [0.25, 0.3) is 23.6 Å². The lowest BCUT2D eigenvalue weighted by Gasteiger charge is -2.30. The first-order chi connectivity index (χ1) is 34.4. The molecule has 30 heteroatoms. The lowest BCUT2D eigenvalue weighted by atomic mass is 9.86. The number of halogens is 12. The number of rotatable bonds is 1. The third-order valence-corrected chi connectivity index (χ3v) is 11.4. The highest BCUT2D eigenvalue weighted by molar-refractivity contribution is 6.11. The van der Waals surface area contributed by atoms with Crippen LogP contribution in [-0.4, -0.2) is 89.5 Å². The number of amides is 2. The molecule has 6 rings (SSSR count). The van der Waals surface area contributed by atoms with E-state index in [1.807, 2.05) is 0 Å². The number of pyridine rings is 2. The molecule has 6 heterocycles. The molecular weight excluding hydrogens is 1050 g/mol. The van der Waals surface area contributed by atoms with E-state index in [9.17, 15) is 72.5 Å². The van der Waals surface area contributed by atoms with Crippen LogP contribution in [-0.2, 0) is 33.0 Å². The quantitative estimate of drug-likeness (QED) is 0.150. The average molecular weight is 1110 g/mol. The Hall–Kier alpha value is -6.20. The number of ether oxygens (including phenoxy) is 4. The molecule has 2 aliphatic rings. The highest BCUT2D eigenvalue weighted by Crippen LogP contribution is 2.48. The lowest BCUT2D eigenvalue weighted by Crippen LogP contribution is -2.44. The highest BCUT2D eigenvalue weighted by Gasteiger charge is 2.60. The Morgan fingerprint density at radius 2 is 0.934 bits per heavy atom. The van der Waals surface area contributed by atoms with Gasteiger partial charge in [-0.15, -0.1) is 20.4 Å². The smallest absolute Gasteiger partial charge is 0.426 e. The van der Waals surface area contributed by atoms with Crippen LogP contribution in [0.4, 0.5) is 73.6 Å².